The zero-order valence-electron chi connectivity index (χ0n) is 10.1. The molecule has 0 aromatic heterocycles. The highest BCUT2D eigenvalue weighted by Crippen LogP contribution is 2.20. The van der Waals surface area contributed by atoms with Gasteiger partial charge in [-0.1, -0.05) is 30.3 Å². The zero-order valence-corrected chi connectivity index (χ0v) is 10.1. The Morgan fingerprint density at radius 1 is 1.44 bits per heavy atom. The summed E-state index contributed by atoms with van der Waals surface area (Å²) in [5.74, 6) is -0.973. The predicted molar refractivity (Wildman–Crippen MR) is 66.6 cm³/mol. The third kappa shape index (κ3) is 2.69. The number of hydrogen-bond donors (Lipinski definition) is 1. The van der Waals surface area contributed by atoms with Crippen molar-refractivity contribution in [2.24, 2.45) is 0 Å². The van der Waals surface area contributed by atoms with E-state index in [4.69, 9.17) is 0 Å². The number of β-amino-alcohol motifs (C(OH)–C–C–N with tert-alkyl or cyclic N) is 1. The average Bonchev–Trinajstić information content (AvgIpc) is 2.41. The second-order valence-corrected chi connectivity index (χ2v) is 4.55. The smallest absolute Gasteiger partial charge is 0.244 e. The van der Waals surface area contributed by atoms with Crippen LogP contribution in [-0.4, -0.2) is 35.1 Å². The van der Waals surface area contributed by atoms with E-state index in [1.54, 1.807) is 17.0 Å². The van der Waals surface area contributed by atoms with E-state index in [1.165, 1.54) is 0 Å². The fourth-order valence-corrected chi connectivity index (χ4v) is 2.26. The quantitative estimate of drug-likeness (QED) is 0.852. The molecule has 1 N–H and O–H groups in total. The van der Waals surface area contributed by atoms with Crippen molar-refractivity contribution in [3.63, 3.8) is 0 Å². The number of carbonyl (C=O) groups is 1. The number of piperidine rings is 1. The number of nitriles is 1. The summed E-state index contributed by atoms with van der Waals surface area (Å²) in [6.07, 6.45) is 1.06. The molecular weight excluding hydrogens is 228 g/mol. The molecular formula is C14H16N2O2. The average molecular weight is 244 g/mol. The van der Waals surface area contributed by atoms with Gasteiger partial charge in [-0.3, -0.25) is 4.79 Å². The number of aliphatic hydroxyl groups excluding tert-OH is 1. The summed E-state index contributed by atoms with van der Waals surface area (Å²) in [6, 6.07) is 11.1. The van der Waals surface area contributed by atoms with Crippen molar-refractivity contribution in [2.45, 2.75) is 24.9 Å². The van der Waals surface area contributed by atoms with E-state index in [9.17, 15) is 15.2 Å². The molecule has 1 aromatic carbocycles. The highest BCUT2D eigenvalue weighted by Gasteiger charge is 2.29. The standard InChI is InChI=1S/C14H16N2O2/c15-9-13(11-5-2-1-3-6-11)14(18)16-8-4-7-12(17)10-16/h1-3,5-6,12-13,17H,4,7-8,10H2. The Balaban J connectivity index is 2.14. The fourth-order valence-electron chi connectivity index (χ4n) is 2.26. The van der Waals surface area contributed by atoms with Gasteiger partial charge < -0.3 is 10.0 Å². The Labute approximate surface area is 106 Å². The Morgan fingerprint density at radius 3 is 2.78 bits per heavy atom. The van der Waals surface area contributed by atoms with Crippen LogP contribution in [0.3, 0.4) is 0 Å². The van der Waals surface area contributed by atoms with E-state index in [1.807, 2.05) is 18.2 Å². The van der Waals surface area contributed by atoms with Crippen molar-refractivity contribution in [3.8, 4) is 6.07 Å². The highest BCUT2D eigenvalue weighted by molar-refractivity contribution is 5.86. The van der Waals surface area contributed by atoms with Gasteiger partial charge in [-0.25, -0.2) is 0 Å². The van der Waals surface area contributed by atoms with Crippen molar-refractivity contribution < 1.29 is 9.90 Å². The number of aliphatic hydroxyl groups is 1. The molecule has 1 fully saturated rings. The van der Waals surface area contributed by atoms with Crippen LogP contribution in [0.1, 0.15) is 24.3 Å². The molecule has 0 bridgehead atoms. The van der Waals surface area contributed by atoms with Crippen LogP contribution in [0.15, 0.2) is 30.3 Å². The molecule has 1 aromatic rings. The summed E-state index contributed by atoms with van der Waals surface area (Å²) in [4.78, 5) is 13.9. The summed E-state index contributed by atoms with van der Waals surface area (Å²) in [6.45, 7) is 0.963. The van der Waals surface area contributed by atoms with Gasteiger partial charge >= 0.3 is 0 Å². The molecule has 0 radical (unpaired) electrons. The second-order valence-electron chi connectivity index (χ2n) is 4.55. The van der Waals surface area contributed by atoms with Crippen molar-refractivity contribution in [2.75, 3.05) is 13.1 Å². The summed E-state index contributed by atoms with van der Waals surface area (Å²) in [7, 11) is 0. The fraction of sp³-hybridized carbons (Fsp3) is 0.429. The van der Waals surface area contributed by atoms with Crippen LogP contribution < -0.4 is 0 Å². The number of benzene rings is 1. The molecule has 4 nitrogen and oxygen atoms in total. The molecule has 1 amide bonds. The second kappa shape index (κ2) is 5.65. The minimum atomic E-state index is -0.767. The van der Waals surface area contributed by atoms with Crippen LogP contribution in [0.5, 0.6) is 0 Å². The molecule has 1 saturated heterocycles. The summed E-state index contributed by atoms with van der Waals surface area (Å²) < 4.78 is 0. The zero-order chi connectivity index (χ0) is 13.0. The van der Waals surface area contributed by atoms with Crippen molar-refractivity contribution in [3.05, 3.63) is 35.9 Å². The lowest BCUT2D eigenvalue weighted by atomic mass is 9.97. The maximum Gasteiger partial charge on any atom is 0.244 e. The van der Waals surface area contributed by atoms with Crippen LogP contribution in [0.25, 0.3) is 0 Å². The molecule has 0 spiro atoms. The van der Waals surface area contributed by atoms with E-state index < -0.39 is 12.0 Å². The maximum absolute atomic E-state index is 12.3. The number of likely N-dealkylation sites (tertiary alicyclic amines) is 1. The van der Waals surface area contributed by atoms with Crippen LogP contribution >= 0.6 is 0 Å². The minimum absolute atomic E-state index is 0.206. The van der Waals surface area contributed by atoms with Gasteiger partial charge in [-0.05, 0) is 18.4 Å². The van der Waals surface area contributed by atoms with Crippen molar-refractivity contribution in [1.82, 2.24) is 4.90 Å². The van der Waals surface area contributed by atoms with Gasteiger partial charge in [0.15, 0.2) is 0 Å². The summed E-state index contributed by atoms with van der Waals surface area (Å²) in [5, 5.41) is 18.8. The Hall–Kier alpha value is -1.86. The highest BCUT2D eigenvalue weighted by atomic mass is 16.3. The van der Waals surface area contributed by atoms with Gasteiger partial charge in [0.1, 0.15) is 5.92 Å². The lowest BCUT2D eigenvalue weighted by Crippen LogP contribution is -2.44. The molecule has 1 aliphatic heterocycles. The van der Waals surface area contributed by atoms with Crippen LogP contribution in [0, 0.1) is 11.3 Å². The van der Waals surface area contributed by atoms with Gasteiger partial charge in [0.2, 0.25) is 5.91 Å². The Kier molecular flexibility index (Phi) is 3.96. The first-order valence-corrected chi connectivity index (χ1v) is 6.14. The first-order chi connectivity index (χ1) is 8.72. The monoisotopic (exact) mass is 244 g/mol. The number of rotatable bonds is 2. The molecule has 1 heterocycles. The van der Waals surface area contributed by atoms with Crippen LogP contribution in [0.4, 0.5) is 0 Å². The molecule has 4 heteroatoms. The lowest BCUT2D eigenvalue weighted by molar-refractivity contribution is -0.134. The van der Waals surface area contributed by atoms with E-state index >= 15 is 0 Å². The van der Waals surface area contributed by atoms with Gasteiger partial charge in [-0.2, -0.15) is 5.26 Å². The van der Waals surface area contributed by atoms with E-state index in [0.717, 1.165) is 12.8 Å². The summed E-state index contributed by atoms with van der Waals surface area (Å²) in [5.41, 5.74) is 0.713. The molecule has 1 aliphatic rings. The van der Waals surface area contributed by atoms with Crippen molar-refractivity contribution >= 4 is 5.91 Å². The molecule has 94 valence electrons. The largest absolute Gasteiger partial charge is 0.391 e. The van der Waals surface area contributed by atoms with Gasteiger partial charge in [-0.15, -0.1) is 0 Å². The number of nitrogens with zero attached hydrogens (tertiary/aromatic N) is 2. The first-order valence-electron chi connectivity index (χ1n) is 6.14. The first kappa shape index (κ1) is 12.6. The number of carbonyl (C=O) groups excluding carboxylic acids is 1. The van der Waals surface area contributed by atoms with Gasteiger partial charge in [0.25, 0.3) is 0 Å². The van der Waals surface area contributed by atoms with E-state index in [2.05, 4.69) is 6.07 Å². The molecule has 2 atom stereocenters. The van der Waals surface area contributed by atoms with Gasteiger partial charge in [0, 0.05) is 13.1 Å². The van der Waals surface area contributed by atoms with E-state index in [0.29, 0.717) is 18.7 Å². The Morgan fingerprint density at radius 2 is 2.17 bits per heavy atom. The number of hydrogen-bond acceptors (Lipinski definition) is 3. The lowest BCUT2D eigenvalue weighted by Gasteiger charge is -2.31. The SMILES string of the molecule is N#CC(C(=O)N1CCCC(O)C1)c1ccccc1. The minimum Gasteiger partial charge on any atom is -0.391 e. The third-order valence-electron chi connectivity index (χ3n) is 3.22. The molecule has 0 saturated carbocycles. The van der Waals surface area contributed by atoms with Gasteiger partial charge in [0.05, 0.1) is 12.2 Å². The normalized spacial score (nSPS) is 21.1. The summed E-state index contributed by atoms with van der Waals surface area (Å²) >= 11 is 0. The molecule has 2 rings (SSSR count). The Bertz CT molecular complexity index is 453. The maximum atomic E-state index is 12.3. The number of amides is 1. The third-order valence-corrected chi connectivity index (χ3v) is 3.22. The van der Waals surface area contributed by atoms with Crippen LogP contribution in [0.2, 0.25) is 0 Å². The predicted octanol–water partition coefficient (Wildman–Crippen LogP) is 1.28. The van der Waals surface area contributed by atoms with E-state index in [-0.39, 0.29) is 5.91 Å². The molecule has 18 heavy (non-hydrogen) atoms. The topological polar surface area (TPSA) is 64.3 Å². The van der Waals surface area contributed by atoms with Crippen LogP contribution in [-0.2, 0) is 4.79 Å². The van der Waals surface area contributed by atoms with Crippen molar-refractivity contribution in [1.29, 1.82) is 5.26 Å². The molecule has 0 aliphatic carbocycles. The molecule has 2 unspecified atom stereocenters.